The molecule has 2 aromatic rings. The first kappa shape index (κ1) is 18.0. The van der Waals surface area contributed by atoms with Crippen LogP contribution >= 0.6 is 0 Å². The van der Waals surface area contributed by atoms with E-state index >= 15 is 0 Å². The number of fused-ring (bicyclic) bond motifs is 1. The Morgan fingerprint density at radius 3 is 2.62 bits per heavy atom. The molecule has 5 nitrogen and oxygen atoms in total. The van der Waals surface area contributed by atoms with Crippen LogP contribution < -0.4 is 44.8 Å². The molecule has 0 bridgehead atoms. The van der Waals surface area contributed by atoms with Gasteiger partial charge in [0.2, 0.25) is 0 Å². The predicted molar refractivity (Wildman–Crippen MR) is 75.2 cm³/mol. The van der Waals surface area contributed by atoms with E-state index in [9.17, 15) is 9.90 Å². The van der Waals surface area contributed by atoms with E-state index in [1.54, 1.807) is 18.2 Å². The summed E-state index contributed by atoms with van der Waals surface area (Å²) in [5, 5.41) is 11.6. The van der Waals surface area contributed by atoms with Gasteiger partial charge in [-0.3, -0.25) is 4.79 Å². The number of hydrogen-bond acceptors (Lipinski definition) is 5. The molecule has 0 amide bonds. The summed E-state index contributed by atoms with van der Waals surface area (Å²) < 4.78 is 10.6. The maximum Gasteiger partial charge on any atom is 1.00 e. The van der Waals surface area contributed by atoms with Gasteiger partial charge in [0, 0.05) is 23.6 Å². The van der Waals surface area contributed by atoms with Gasteiger partial charge in [-0.1, -0.05) is 13.8 Å². The van der Waals surface area contributed by atoms with Crippen molar-refractivity contribution in [1.29, 1.82) is 0 Å². The maximum absolute atomic E-state index is 11.6. The minimum atomic E-state index is -0.636. The smallest absolute Gasteiger partial charge is 0.578 e. The van der Waals surface area contributed by atoms with E-state index in [-0.39, 0.29) is 40.6 Å². The van der Waals surface area contributed by atoms with Crippen LogP contribution in [0.4, 0.5) is 0 Å². The number of rotatable bonds is 6. The van der Waals surface area contributed by atoms with E-state index < -0.39 is 5.95 Å². The Bertz CT molecular complexity index is 637. The van der Waals surface area contributed by atoms with Gasteiger partial charge in [0.25, 0.3) is 0 Å². The van der Waals surface area contributed by atoms with Crippen molar-refractivity contribution in [3.05, 3.63) is 34.5 Å². The molecule has 0 saturated carbocycles. The summed E-state index contributed by atoms with van der Waals surface area (Å²) in [5.41, 5.74) is -0.0613. The Morgan fingerprint density at radius 2 is 1.95 bits per heavy atom. The van der Waals surface area contributed by atoms with Crippen LogP contribution in [0.25, 0.3) is 11.0 Å². The summed E-state index contributed by atoms with van der Waals surface area (Å²) in [7, 11) is 0. The van der Waals surface area contributed by atoms with Crippen LogP contribution in [-0.2, 0) is 0 Å². The van der Waals surface area contributed by atoms with Crippen LogP contribution in [0.5, 0.6) is 11.7 Å². The number of hydrogen-bond donors (Lipinski definition) is 0. The molecule has 0 aliphatic carbocycles. The number of nitrogens with zero attached hydrogens (tertiary/aromatic N) is 1. The molecule has 108 valence electrons. The molecule has 0 atom stereocenters. The Hall–Kier alpha value is -1.01. The standard InChI is InChI=1S/C15H19NO4.Na/c1-3-16(4-2)7-8-19-11-5-6-12-13(17)10-15(18)20-14(12)9-11;/h5-6,9-10,18H,3-4,7-8H2,1-2H3;/q;+1/p-1. The zero-order valence-electron chi connectivity index (χ0n) is 12.7. The molecule has 0 N–H and O–H groups in total. The van der Waals surface area contributed by atoms with Crippen LogP contribution in [-0.4, -0.2) is 31.1 Å². The summed E-state index contributed by atoms with van der Waals surface area (Å²) in [6.07, 6.45) is 0. The molecule has 0 aliphatic heterocycles. The van der Waals surface area contributed by atoms with Crippen LogP contribution in [0, 0.1) is 0 Å². The molecule has 0 fully saturated rings. The number of ether oxygens (including phenoxy) is 1. The molecule has 0 radical (unpaired) electrons. The fourth-order valence-electron chi connectivity index (χ4n) is 2.04. The molecular weight excluding hydrogens is 281 g/mol. The van der Waals surface area contributed by atoms with E-state index in [1.165, 1.54) is 0 Å². The van der Waals surface area contributed by atoms with Gasteiger partial charge in [0.1, 0.15) is 12.4 Å². The van der Waals surface area contributed by atoms with Gasteiger partial charge in [0.05, 0.1) is 5.95 Å². The van der Waals surface area contributed by atoms with Gasteiger partial charge >= 0.3 is 29.6 Å². The molecule has 2 rings (SSSR count). The third kappa shape index (κ3) is 4.74. The van der Waals surface area contributed by atoms with Crippen molar-refractivity contribution in [2.24, 2.45) is 0 Å². The third-order valence-corrected chi connectivity index (χ3v) is 3.25. The molecule has 0 unspecified atom stereocenters. The van der Waals surface area contributed by atoms with Crippen LogP contribution in [0.3, 0.4) is 0 Å². The maximum atomic E-state index is 11.6. The topological polar surface area (TPSA) is 65.7 Å². The summed E-state index contributed by atoms with van der Waals surface area (Å²) >= 11 is 0. The van der Waals surface area contributed by atoms with Crippen molar-refractivity contribution < 1.29 is 43.8 Å². The van der Waals surface area contributed by atoms with Crippen molar-refractivity contribution in [1.82, 2.24) is 4.90 Å². The number of likely N-dealkylation sites (N-methyl/N-ethyl adjacent to an activating group) is 1. The molecule has 1 heterocycles. The van der Waals surface area contributed by atoms with Gasteiger partial charge in [-0.2, -0.15) is 0 Å². The van der Waals surface area contributed by atoms with Crippen molar-refractivity contribution in [2.75, 3.05) is 26.2 Å². The van der Waals surface area contributed by atoms with Crippen LogP contribution in [0.1, 0.15) is 13.8 Å². The fraction of sp³-hybridized carbons (Fsp3) is 0.400. The molecule has 1 aromatic carbocycles. The molecule has 0 spiro atoms. The summed E-state index contributed by atoms with van der Waals surface area (Å²) in [5.74, 6) is -0.0406. The monoisotopic (exact) mass is 299 g/mol. The molecule has 1 aromatic heterocycles. The van der Waals surface area contributed by atoms with E-state index in [1.807, 2.05) is 0 Å². The fourth-order valence-corrected chi connectivity index (χ4v) is 2.04. The average Bonchev–Trinajstić information content (AvgIpc) is 2.43. The van der Waals surface area contributed by atoms with Gasteiger partial charge in [-0.25, -0.2) is 0 Å². The van der Waals surface area contributed by atoms with Crippen molar-refractivity contribution in [3.63, 3.8) is 0 Å². The minimum absolute atomic E-state index is 0. The third-order valence-electron chi connectivity index (χ3n) is 3.25. The zero-order chi connectivity index (χ0) is 14.5. The first-order valence-electron chi connectivity index (χ1n) is 6.74. The van der Waals surface area contributed by atoms with E-state index in [4.69, 9.17) is 9.15 Å². The molecule has 21 heavy (non-hydrogen) atoms. The molecule has 6 heteroatoms. The summed E-state index contributed by atoms with van der Waals surface area (Å²) in [4.78, 5) is 13.8. The van der Waals surface area contributed by atoms with Crippen molar-refractivity contribution >= 4 is 11.0 Å². The summed E-state index contributed by atoms with van der Waals surface area (Å²) in [6.45, 7) is 7.54. The molecule has 0 aliphatic rings. The Labute approximate surface area is 145 Å². The van der Waals surface area contributed by atoms with Gasteiger partial charge in [-0.15, -0.1) is 0 Å². The van der Waals surface area contributed by atoms with Gasteiger partial charge < -0.3 is 19.2 Å². The van der Waals surface area contributed by atoms with Crippen LogP contribution in [0.2, 0.25) is 0 Å². The second-order valence-electron chi connectivity index (χ2n) is 4.46. The zero-order valence-corrected chi connectivity index (χ0v) is 14.7. The minimum Gasteiger partial charge on any atom is -0.578 e. The first-order valence-corrected chi connectivity index (χ1v) is 6.74. The second-order valence-corrected chi connectivity index (χ2v) is 4.46. The quantitative estimate of drug-likeness (QED) is 0.613. The van der Waals surface area contributed by atoms with E-state index in [0.717, 1.165) is 25.7 Å². The second kappa shape index (κ2) is 8.44. The molecule has 0 saturated heterocycles. The van der Waals surface area contributed by atoms with Gasteiger partial charge in [-0.05, 0) is 31.3 Å². The van der Waals surface area contributed by atoms with Crippen molar-refractivity contribution in [3.8, 4) is 11.7 Å². The van der Waals surface area contributed by atoms with Gasteiger partial charge in [0.15, 0.2) is 5.43 Å². The Morgan fingerprint density at radius 1 is 1.24 bits per heavy atom. The van der Waals surface area contributed by atoms with E-state index in [0.29, 0.717) is 17.7 Å². The normalized spacial score (nSPS) is 10.6. The molecular formula is C15H18NNaO4. The van der Waals surface area contributed by atoms with E-state index in [2.05, 4.69) is 18.7 Å². The predicted octanol–water partition coefficient (Wildman–Crippen LogP) is -1.41. The largest absolute Gasteiger partial charge is 1.00 e. The van der Waals surface area contributed by atoms with Crippen molar-refractivity contribution in [2.45, 2.75) is 13.8 Å². The first-order chi connectivity index (χ1) is 9.63. The van der Waals surface area contributed by atoms with Crippen LogP contribution in [0.15, 0.2) is 33.5 Å². The Kier molecular flexibility index (Phi) is 7.25. The SMILES string of the molecule is CCN(CC)CCOc1ccc2c(=O)cc([O-])oc2c1.[Na+]. The summed E-state index contributed by atoms with van der Waals surface area (Å²) in [6, 6.07) is 5.86. The average molecular weight is 299 g/mol. The number of benzene rings is 1. The Balaban J connectivity index is 0.00000220.